The standard InChI is InChI=1S/C29H25N7/c1-4-36(5-2)24-12-10-23(11-13-24)32-33-27-14-15-28(26-9-7-6-8-25(26)27)34-35-29-21(18-30)16-20(3)17-22(29)19-31/h6-17H,4-5H2,1-3H3. The molecule has 0 N–H and O–H groups in total. The van der Waals surface area contributed by atoms with Crippen LogP contribution in [0, 0.1) is 29.6 Å². The number of nitriles is 2. The summed E-state index contributed by atoms with van der Waals surface area (Å²) in [5.41, 5.74) is 4.98. The highest BCUT2D eigenvalue weighted by atomic mass is 15.1. The van der Waals surface area contributed by atoms with E-state index in [2.05, 4.69) is 63.5 Å². The molecule has 176 valence electrons. The maximum atomic E-state index is 9.50. The van der Waals surface area contributed by atoms with Crippen LogP contribution in [0.15, 0.2) is 93.3 Å². The second-order valence-corrected chi connectivity index (χ2v) is 8.17. The van der Waals surface area contributed by atoms with Crippen LogP contribution in [0.25, 0.3) is 10.8 Å². The van der Waals surface area contributed by atoms with E-state index in [1.54, 1.807) is 12.1 Å². The first-order valence-electron chi connectivity index (χ1n) is 11.7. The van der Waals surface area contributed by atoms with Gasteiger partial charge in [0.25, 0.3) is 0 Å². The average Bonchev–Trinajstić information content (AvgIpc) is 2.92. The van der Waals surface area contributed by atoms with Crippen molar-refractivity contribution >= 4 is 39.2 Å². The molecule has 7 heteroatoms. The zero-order valence-corrected chi connectivity index (χ0v) is 20.5. The normalized spacial score (nSPS) is 11.1. The van der Waals surface area contributed by atoms with Crippen LogP contribution in [0.1, 0.15) is 30.5 Å². The molecule has 0 aliphatic carbocycles. The number of aryl methyl sites for hydroxylation is 1. The molecule has 0 spiro atoms. The summed E-state index contributed by atoms with van der Waals surface area (Å²) >= 11 is 0. The molecule has 0 aliphatic rings. The minimum absolute atomic E-state index is 0.270. The van der Waals surface area contributed by atoms with E-state index in [-0.39, 0.29) is 5.69 Å². The molecule has 4 rings (SSSR count). The third-order valence-electron chi connectivity index (χ3n) is 5.88. The number of fused-ring (bicyclic) bond motifs is 1. The Morgan fingerprint density at radius 3 is 1.72 bits per heavy atom. The molecule has 36 heavy (non-hydrogen) atoms. The van der Waals surface area contributed by atoms with Gasteiger partial charge < -0.3 is 4.90 Å². The van der Waals surface area contributed by atoms with E-state index >= 15 is 0 Å². The third-order valence-corrected chi connectivity index (χ3v) is 5.88. The van der Waals surface area contributed by atoms with Crippen molar-refractivity contribution < 1.29 is 0 Å². The summed E-state index contributed by atoms with van der Waals surface area (Å²) in [5.74, 6) is 0. The molecule has 0 heterocycles. The van der Waals surface area contributed by atoms with Crippen LogP contribution in [0.2, 0.25) is 0 Å². The number of hydrogen-bond acceptors (Lipinski definition) is 7. The van der Waals surface area contributed by atoms with Crippen molar-refractivity contribution in [2.45, 2.75) is 20.8 Å². The smallest absolute Gasteiger partial charge is 0.121 e. The Balaban J connectivity index is 1.67. The maximum absolute atomic E-state index is 9.50. The molecule has 0 aliphatic heterocycles. The van der Waals surface area contributed by atoms with Gasteiger partial charge in [0.05, 0.1) is 28.2 Å². The quantitative estimate of drug-likeness (QED) is 0.252. The monoisotopic (exact) mass is 471 g/mol. The Kier molecular flexibility index (Phi) is 7.43. The minimum atomic E-state index is 0.270. The second kappa shape index (κ2) is 11.0. The van der Waals surface area contributed by atoms with E-state index in [9.17, 15) is 10.5 Å². The molecule has 0 bridgehead atoms. The summed E-state index contributed by atoms with van der Waals surface area (Å²) < 4.78 is 0. The summed E-state index contributed by atoms with van der Waals surface area (Å²) in [4.78, 5) is 2.28. The first kappa shape index (κ1) is 24.3. The SMILES string of the molecule is CCN(CC)c1ccc(N=Nc2ccc(N=Nc3c(C#N)cc(C)cc3C#N)c3ccccc23)cc1. The molecule has 0 atom stereocenters. The molecule has 0 saturated heterocycles. The summed E-state index contributed by atoms with van der Waals surface area (Å²) in [7, 11) is 0. The molecule has 0 saturated carbocycles. The Labute approximate surface area is 210 Å². The Morgan fingerprint density at radius 1 is 0.694 bits per heavy atom. The number of anilines is 1. The van der Waals surface area contributed by atoms with Crippen molar-refractivity contribution in [1.82, 2.24) is 0 Å². The van der Waals surface area contributed by atoms with Crippen LogP contribution in [0.5, 0.6) is 0 Å². The topological polar surface area (TPSA) is 100 Å². The summed E-state index contributed by atoms with van der Waals surface area (Å²) in [5, 5.41) is 38.4. The van der Waals surface area contributed by atoms with Crippen LogP contribution in [0.4, 0.5) is 28.4 Å². The van der Waals surface area contributed by atoms with Crippen molar-refractivity contribution in [3.8, 4) is 12.1 Å². The van der Waals surface area contributed by atoms with E-state index in [0.29, 0.717) is 22.5 Å². The Morgan fingerprint density at radius 2 is 1.22 bits per heavy atom. The molecule has 0 aromatic heterocycles. The summed E-state index contributed by atoms with van der Waals surface area (Å²) in [6.45, 7) is 8.01. The van der Waals surface area contributed by atoms with Gasteiger partial charge in [-0.15, -0.1) is 15.3 Å². The fourth-order valence-electron chi connectivity index (χ4n) is 4.03. The largest absolute Gasteiger partial charge is 0.372 e. The predicted molar refractivity (Wildman–Crippen MR) is 143 cm³/mol. The van der Waals surface area contributed by atoms with Crippen LogP contribution in [-0.2, 0) is 0 Å². The van der Waals surface area contributed by atoms with Crippen LogP contribution < -0.4 is 4.90 Å². The van der Waals surface area contributed by atoms with Gasteiger partial charge >= 0.3 is 0 Å². The lowest BCUT2D eigenvalue weighted by molar-refractivity contribution is 0.866. The Bertz CT molecular complexity index is 1500. The van der Waals surface area contributed by atoms with Crippen molar-refractivity contribution in [3.05, 3.63) is 89.5 Å². The van der Waals surface area contributed by atoms with E-state index in [1.165, 1.54) is 0 Å². The first-order valence-corrected chi connectivity index (χ1v) is 11.7. The number of rotatable bonds is 7. The molecule has 4 aromatic rings. The highest BCUT2D eigenvalue weighted by Crippen LogP contribution is 2.36. The third kappa shape index (κ3) is 5.11. The first-order chi connectivity index (χ1) is 17.6. The van der Waals surface area contributed by atoms with Crippen molar-refractivity contribution in [2.75, 3.05) is 18.0 Å². The van der Waals surface area contributed by atoms with E-state index in [4.69, 9.17) is 0 Å². The highest BCUT2D eigenvalue weighted by Gasteiger charge is 2.11. The zero-order valence-electron chi connectivity index (χ0n) is 20.5. The van der Waals surface area contributed by atoms with Gasteiger partial charge in [0.15, 0.2) is 0 Å². The molecule has 7 nitrogen and oxygen atoms in total. The number of azo groups is 2. The molecular formula is C29H25N7. The van der Waals surface area contributed by atoms with Gasteiger partial charge in [-0.3, -0.25) is 0 Å². The van der Waals surface area contributed by atoms with Gasteiger partial charge in [-0.1, -0.05) is 24.3 Å². The molecule has 0 amide bonds. The zero-order chi connectivity index (χ0) is 25.5. The van der Waals surface area contributed by atoms with Crippen molar-refractivity contribution in [2.24, 2.45) is 20.5 Å². The lowest BCUT2D eigenvalue weighted by atomic mass is 10.1. The number of nitrogens with zero attached hydrogens (tertiary/aromatic N) is 7. The van der Waals surface area contributed by atoms with E-state index in [0.717, 1.165) is 40.8 Å². The molecule has 0 radical (unpaired) electrons. The van der Waals surface area contributed by atoms with Gasteiger partial charge in [0, 0.05) is 29.5 Å². The molecule has 0 unspecified atom stereocenters. The van der Waals surface area contributed by atoms with Crippen LogP contribution in [-0.4, -0.2) is 13.1 Å². The van der Waals surface area contributed by atoms with Crippen LogP contribution in [0.3, 0.4) is 0 Å². The van der Waals surface area contributed by atoms with Crippen molar-refractivity contribution in [3.63, 3.8) is 0 Å². The summed E-state index contributed by atoms with van der Waals surface area (Å²) in [6, 6.07) is 27.1. The van der Waals surface area contributed by atoms with E-state index < -0.39 is 0 Å². The van der Waals surface area contributed by atoms with Gasteiger partial charge in [-0.05, 0) is 74.9 Å². The fraction of sp³-hybridized carbons (Fsp3) is 0.172. The van der Waals surface area contributed by atoms with Gasteiger partial charge in [-0.2, -0.15) is 15.6 Å². The van der Waals surface area contributed by atoms with E-state index in [1.807, 2.05) is 55.5 Å². The van der Waals surface area contributed by atoms with Crippen LogP contribution >= 0.6 is 0 Å². The summed E-state index contributed by atoms with van der Waals surface area (Å²) in [6.07, 6.45) is 0. The maximum Gasteiger partial charge on any atom is 0.121 e. The fourth-order valence-corrected chi connectivity index (χ4v) is 4.03. The van der Waals surface area contributed by atoms with Gasteiger partial charge in [-0.25, -0.2) is 0 Å². The molecule has 4 aromatic carbocycles. The predicted octanol–water partition coefficient (Wildman–Crippen LogP) is 8.57. The second-order valence-electron chi connectivity index (χ2n) is 8.17. The van der Waals surface area contributed by atoms with Crippen molar-refractivity contribution in [1.29, 1.82) is 10.5 Å². The van der Waals surface area contributed by atoms with Gasteiger partial charge in [0.1, 0.15) is 17.8 Å². The lowest BCUT2D eigenvalue weighted by Crippen LogP contribution is -2.21. The lowest BCUT2D eigenvalue weighted by Gasteiger charge is -2.20. The Hall–Kier alpha value is -4.88. The highest BCUT2D eigenvalue weighted by molar-refractivity contribution is 5.99. The number of benzene rings is 4. The molecule has 0 fully saturated rings. The number of hydrogen-bond donors (Lipinski definition) is 0. The van der Waals surface area contributed by atoms with Gasteiger partial charge in [0.2, 0.25) is 0 Å². The molecular weight excluding hydrogens is 446 g/mol. The average molecular weight is 472 g/mol. The minimum Gasteiger partial charge on any atom is -0.372 e.